The second kappa shape index (κ2) is 23.5. The summed E-state index contributed by atoms with van der Waals surface area (Å²) in [5.74, 6) is 0.941. The lowest BCUT2D eigenvalue weighted by Crippen LogP contribution is -2.38. The van der Waals surface area contributed by atoms with Crippen LogP contribution in [0.5, 0.6) is 0 Å². The van der Waals surface area contributed by atoms with Gasteiger partial charge >= 0.3 is 0 Å². The van der Waals surface area contributed by atoms with Gasteiger partial charge in [-0.15, -0.1) is 0 Å². The van der Waals surface area contributed by atoms with E-state index in [2.05, 4.69) is 18.7 Å². The van der Waals surface area contributed by atoms with Gasteiger partial charge in [-0.3, -0.25) is 9.69 Å². The normalized spacial score (nSPS) is 15.8. The maximum atomic E-state index is 13.0. The zero-order valence-corrected chi connectivity index (χ0v) is 24.8. The number of unbranched alkanes of at least 4 members (excludes halogenated alkanes) is 10. The Labute approximate surface area is 226 Å². The van der Waals surface area contributed by atoms with Gasteiger partial charge in [0.2, 0.25) is 5.91 Å². The van der Waals surface area contributed by atoms with Crippen molar-refractivity contribution in [2.45, 2.75) is 161 Å². The Morgan fingerprint density at radius 2 is 1.25 bits per heavy atom. The van der Waals surface area contributed by atoms with Gasteiger partial charge in [0, 0.05) is 32.6 Å². The molecule has 1 amide bonds. The second-order valence-corrected chi connectivity index (χ2v) is 11.8. The molecular formula is C32H64N2O2. The van der Waals surface area contributed by atoms with Crippen LogP contribution in [0.4, 0.5) is 0 Å². The number of hydrogen-bond donors (Lipinski definition) is 1. The van der Waals surface area contributed by atoms with E-state index < -0.39 is 0 Å². The van der Waals surface area contributed by atoms with Crippen molar-refractivity contribution < 1.29 is 9.90 Å². The highest BCUT2D eigenvalue weighted by Gasteiger charge is 2.20. The number of carbonyl (C=O) groups excluding carboxylic acids is 1. The molecule has 1 N–H and O–H groups in total. The van der Waals surface area contributed by atoms with Crippen LogP contribution in [0.1, 0.15) is 155 Å². The summed E-state index contributed by atoms with van der Waals surface area (Å²) in [7, 11) is 2.02. The van der Waals surface area contributed by atoms with Crippen molar-refractivity contribution in [1.29, 1.82) is 0 Å². The van der Waals surface area contributed by atoms with Crippen LogP contribution in [0.3, 0.4) is 0 Å². The molecule has 214 valence electrons. The minimum Gasteiger partial charge on any atom is -0.395 e. The molecule has 1 aliphatic carbocycles. The van der Waals surface area contributed by atoms with Crippen molar-refractivity contribution in [1.82, 2.24) is 9.80 Å². The molecule has 1 saturated carbocycles. The van der Waals surface area contributed by atoms with Crippen molar-refractivity contribution in [2.24, 2.45) is 5.92 Å². The predicted molar refractivity (Wildman–Crippen MR) is 156 cm³/mol. The number of aliphatic hydroxyl groups excluding tert-OH is 1. The fraction of sp³-hybridized carbons (Fsp3) is 0.969. The quantitative estimate of drug-likeness (QED) is 0.111. The van der Waals surface area contributed by atoms with E-state index in [0.717, 1.165) is 32.5 Å². The second-order valence-electron chi connectivity index (χ2n) is 11.8. The molecule has 4 nitrogen and oxygen atoms in total. The Balaban J connectivity index is 2.31. The molecule has 0 heterocycles. The highest BCUT2D eigenvalue weighted by atomic mass is 16.3. The minimum absolute atomic E-state index is 0.270. The minimum atomic E-state index is 0.270. The third-order valence-corrected chi connectivity index (χ3v) is 8.49. The van der Waals surface area contributed by atoms with Crippen molar-refractivity contribution in [3.63, 3.8) is 0 Å². The van der Waals surface area contributed by atoms with E-state index in [9.17, 15) is 9.90 Å². The first kappa shape index (κ1) is 33.4. The summed E-state index contributed by atoms with van der Waals surface area (Å²) in [6.45, 7) is 7.63. The molecule has 4 heteroatoms. The summed E-state index contributed by atoms with van der Waals surface area (Å²) in [4.78, 5) is 17.6. The van der Waals surface area contributed by atoms with Gasteiger partial charge in [0.1, 0.15) is 0 Å². The lowest BCUT2D eigenvalue weighted by Gasteiger charge is -2.30. The molecule has 0 spiro atoms. The van der Waals surface area contributed by atoms with Crippen LogP contribution < -0.4 is 0 Å². The number of carbonyl (C=O) groups is 1. The van der Waals surface area contributed by atoms with Crippen molar-refractivity contribution in [3.8, 4) is 0 Å². The number of nitrogens with zero attached hydrogens (tertiary/aromatic N) is 2. The summed E-state index contributed by atoms with van der Waals surface area (Å²) in [5, 5.41) is 9.54. The van der Waals surface area contributed by atoms with E-state index in [-0.39, 0.29) is 6.61 Å². The third kappa shape index (κ3) is 17.0. The Bertz CT molecular complexity index is 491. The summed E-state index contributed by atoms with van der Waals surface area (Å²) >= 11 is 0. The highest BCUT2D eigenvalue weighted by molar-refractivity contribution is 5.76. The third-order valence-electron chi connectivity index (χ3n) is 8.49. The maximum absolute atomic E-state index is 13.0. The molecule has 1 unspecified atom stereocenters. The molecule has 0 bridgehead atoms. The zero-order chi connectivity index (χ0) is 26.3. The van der Waals surface area contributed by atoms with E-state index in [0.29, 0.717) is 17.9 Å². The van der Waals surface area contributed by atoms with E-state index >= 15 is 0 Å². The molecule has 0 radical (unpaired) electrons. The number of aliphatic hydroxyl groups is 1. The first-order valence-corrected chi connectivity index (χ1v) is 16.2. The Morgan fingerprint density at radius 3 is 1.86 bits per heavy atom. The van der Waals surface area contributed by atoms with Gasteiger partial charge in [-0.05, 0) is 51.0 Å². The van der Waals surface area contributed by atoms with Crippen LogP contribution in [-0.2, 0) is 4.79 Å². The van der Waals surface area contributed by atoms with Crippen molar-refractivity contribution >= 4 is 5.91 Å². The van der Waals surface area contributed by atoms with Gasteiger partial charge in [-0.1, -0.05) is 110 Å². The van der Waals surface area contributed by atoms with Crippen LogP contribution in [0.2, 0.25) is 0 Å². The average Bonchev–Trinajstić information content (AvgIpc) is 3.17. The zero-order valence-electron chi connectivity index (χ0n) is 24.8. The van der Waals surface area contributed by atoms with Crippen LogP contribution >= 0.6 is 0 Å². The molecule has 1 fully saturated rings. The van der Waals surface area contributed by atoms with Crippen LogP contribution in [0.15, 0.2) is 0 Å². The molecule has 1 aliphatic rings. The standard InChI is InChI=1S/C32H64N2O2/c1-4-6-8-10-11-16-22-30(21-15-9-7-5-2)29-32(36)33(3)25-19-14-20-26-34(27-28-35)31-23-17-12-13-18-24-31/h30-31,35H,4-29H2,1-3H3. The first-order valence-electron chi connectivity index (χ1n) is 16.2. The molecule has 36 heavy (non-hydrogen) atoms. The average molecular weight is 509 g/mol. The van der Waals surface area contributed by atoms with Crippen molar-refractivity contribution in [3.05, 3.63) is 0 Å². The number of rotatable bonds is 23. The van der Waals surface area contributed by atoms with E-state index in [1.807, 2.05) is 11.9 Å². The monoisotopic (exact) mass is 508 g/mol. The molecule has 1 rings (SSSR count). The van der Waals surface area contributed by atoms with Crippen LogP contribution in [-0.4, -0.2) is 60.1 Å². The van der Waals surface area contributed by atoms with Crippen LogP contribution in [0, 0.1) is 5.92 Å². The summed E-state index contributed by atoms with van der Waals surface area (Å²) < 4.78 is 0. The highest BCUT2D eigenvalue weighted by Crippen LogP contribution is 2.24. The molecule has 0 aromatic heterocycles. The first-order chi connectivity index (χ1) is 17.6. The predicted octanol–water partition coefficient (Wildman–Crippen LogP) is 8.36. The largest absolute Gasteiger partial charge is 0.395 e. The summed E-state index contributed by atoms with van der Waals surface area (Å²) in [6.07, 6.45) is 28.0. The summed E-state index contributed by atoms with van der Waals surface area (Å²) in [6, 6.07) is 0.671. The Morgan fingerprint density at radius 1 is 0.722 bits per heavy atom. The maximum Gasteiger partial charge on any atom is 0.222 e. The Hall–Kier alpha value is -0.610. The molecule has 0 aromatic rings. The van der Waals surface area contributed by atoms with E-state index in [1.165, 1.54) is 128 Å². The van der Waals surface area contributed by atoms with Crippen molar-refractivity contribution in [2.75, 3.05) is 33.3 Å². The van der Waals surface area contributed by atoms with Gasteiger partial charge < -0.3 is 10.0 Å². The number of amides is 1. The molecule has 0 saturated heterocycles. The van der Waals surface area contributed by atoms with Gasteiger partial charge in [0.05, 0.1) is 6.61 Å². The fourth-order valence-electron chi connectivity index (χ4n) is 6.02. The Kier molecular flexibility index (Phi) is 21.8. The van der Waals surface area contributed by atoms with E-state index in [1.54, 1.807) is 0 Å². The lowest BCUT2D eigenvalue weighted by molar-refractivity contribution is -0.131. The molecule has 1 atom stereocenters. The molecule has 0 aromatic carbocycles. The molecule has 0 aliphatic heterocycles. The van der Waals surface area contributed by atoms with Gasteiger partial charge in [-0.25, -0.2) is 0 Å². The van der Waals surface area contributed by atoms with Gasteiger partial charge in [0.15, 0.2) is 0 Å². The topological polar surface area (TPSA) is 43.8 Å². The smallest absolute Gasteiger partial charge is 0.222 e. The fourth-order valence-corrected chi connectivity index (χ4v) is 6.02. The van der Waals surface area contributed by atoms with Crippen LogP contribution in [0.25, 0.3) is 0 Å². The SMILES string of the molecule is CCCCCCCCC(CCCCCC)CC(=O)N(C)CCCCCN(CCO)C1CCCCCC1. The van der Waals surface area contributed by atoms with Gasteiger partial charge in [0.25, 0.3) is 0 Å². The van der Waals surface area contributed by atoms with Gasteiger partial charge in [-0.2, -0.15) is 0 Å². The number of hydrogen-bond acceptors (Lipinski definition) is 3. The lowest BCUT2D eigenvalue weighted by atomic mass is 9.91. The molecular weight excluding hydrogens is 444 g/mol. The van der Waals surface area contributed by atoms with E-state index in [4.69, 9.17) is 0 Å². The summed E-state index contributed by atoms with van der Waals surface area (Å²) in [5.41, 5.74) is 0.